The van der Waals surface area contributed by atoms with Crippen molar-refractivity contribution in [3.63, 3.8) is 0 Å². The summed E-state index contributed by atoms with van der Waals surface area (Å²) in [6.07, 6.45) is 3.87. The number of carbonyl (C=O) groups excluding carboxylic acids is 1. The van der Waals surface area contributed by atoms with Crippen molar-refractivity contribution in [1.82, 2.24) is 9.80 Å². The van der Waals surface area contributed by atoms with E-state index in [0.717, 1.165) is 32.2 Å². The molecule has 2 aliphatic heterocycles. The zero-order valence-electron chi connectivity index (χ0n) is 13.6. The van der Waals surface area contributed by atoms with Crippen LogP contribution in [-0.4, -0.2) is 52.1 Å². The smallest absolute Gasteiger partial charge is 0.327 e. The van der Waals surface area contributed by atoms with Crippen LogP contribution in [0.25, 0.3) is 0 Å². The molecule has 2 amide bonds. The average molecular weight is 296 g/mol. The van der Waals surface area contributed by atoms with Gasteiger partial charge in [-0.15, -0.1) is 0 Å². The van der Waals surface area contributed by atoms with Crippen LogP contribution in [0.4, 0.5) is 4.79 Å². The molecule has 5 nitrogen and oxygen atoms in total. The Morgan fingerprint density at radius 3 is 2.33 bits per heavy atom. The molecular formula is C16H28N2O3. The second-order valence-corrected chi connectivity index (χ2v) is 7.36. The lowest BCUT2D eigenvalue weighted by atomic mass is 9.76. The van der Waals surface area contributed by atoms with Crippen molar-refractivity contribution in [3.8, 4) is 0 Å². The number of hydrogen-bond acceptors (Lipinski definition) is 2. The van der Waals surface area contributed by atoms with Crippen LogP contribution in [0.2, 0.25) is 0 Å². The molecule has 2 saturated heterocycles. The fourth-order valence-corrected chi connectivity index (χ4v) is 3.84. The monoisotopic (exact) mass is 296 g/mol. The number of rotatable bonds is 1. The summed E-state index contributed by atoms with van der Waals surface area (Å²) in [4.78, 5) is 28.1. The van der Waals surface area contributed by atoms with Gasteiger partial charge < -0.3 is 14.9 Å². The number of nitrogens with zero attached hydrogens (tertiary/aromatic N) is 2. The lowest BCUT2D eigenvalue weighted by Crippen LogP contribution is -2.61. The minimum absolute atomic E-state index is 0.0887. The van der Waals surface area contributed by atoms with Crippen LogP contribution < -0.4 is 0 Å². The molecule has 3 atom stereocenters. The van der Waals surface area contributed by atoms with Crippen molar-refractivity contribution < 1.29 is 14.7 Å². The first kappa shape index (κ1) is 16.1. The van der Waals surface area contributed by atoms with E-state index in [-0.39, 0.29) is 17.5 Å². The summed E-state index contributed by atoms with van der Waals surface area (Å²) in [5, 5.41) is 9.60. The van der Waals surface area contributed by atoms with Crippen LogP contribution in [-0.2, 0) is 4.79 Å². The van der Waals surface area contributed by atoms with Crippen molar-refractivity contribution in [1.29, 1.82) is 0 Å². The maximum Gasteiger partial charge on any atom is 0.327 e. The van der Waals surface area contributed by atoms with Crippen molar-refractivity contribution >= 4 is 12.0 Å². The highest BCUT2D eigenvalue weighted by Gasteiger charge is 2.46. The van der Waals surface area contributed by atoms with Gasteiger partial charge in [0.15, 0.2) is 0 Å². The van der Waals surface area contributed by atoms with E-state index in [2.05, 4.69) is 13.8 Å². The molecule has 120 valence electrons. The Bertz CT molecular complexity index is 422. The molecule has 1 N–H and O–H groups in total. The van der Waals surface area contributed by atoms with E-state index < -0.39 is 12.0 Å². The van der Waals surface area contributed by atoms with Gasteiger partial charge in [-0.2, -0.15) is 0 Å². The Morgan fingerprint density at radius 1 is 1.10 bits per heavy atom. The molecule has 2 rings (SSSR count). The molecule has 0 aromatic heterocycles. The van der Waals surface area contributed by atoms with Crippen LogP contribution in [0.3, 0.4) is 0 Å². The van der Waals surface area contributed by atoms with Gasteiger partial charge in [0.25, 0.3) is 0 Å². The van der Waals surface area contributed by atoms with E-state index in [1.54, 1.807) is 4.90 Å². The third-order valence-corrected chi connectivity index (χ3v) is 5.37. The highest BCUT2D eigenvalue weighted by Crippen LogP contribution is 2.36. The molecule has 0 aromatic rings. The minimum Gasteiger partial charge on any atom is -0.480 e. The number of urea groups is 1. The van der Waals surface area contributed by atoms with Gasteiger partial charge >= 0.3 is 12.0 Å². The molecular weight excluding hydrogens is 268 g/mol. The summed E-state index contributed by atoms with van der Waals surface area (Å²) in [5.74, 6) is -0.408. The fourth-order valence-electron chi connectivity index (χ4n) is 3.84. The van der Waals surface area contributed by atoms with E-state index in [1.165, 1.54) is 0 Å². The molecule has 0 radical (unpaired) electrons. The average Bonchev–Trinajstić information content (AvgIpc) is 2.39. The van der Waals surface area contributed by atoms with Crippen LogP contribution in [0.5, 0.6) is 0 Å². The standard InChI is InChI=1S/C16H28N2O3/c1-11-7-5-9-17(12(11)2)15(21)18-10-6-8-16(3,4)13(18)14(19)20/h11-13H,5-10H2,1-4H3,(H,19,20). The van der Waals surface area contributed by atoms with Crippen molar-refractivity contribution in [2.24, 2.45) is 11.3 Å². The van der Waals surface area contributed by atoms with Crippen molar-refractivity contribution in [2.45, 2.75) is 65.5 Å². The Labute approximate surface area is 127 Å². The van der Waals surface area contributed by atoms with Gasteiger partial charge in [-0.3, -0.25) is 0 Å². The fraction of sp³-hybridized carbons (Fsp3) is 0.875. The number of hydrogen-bond donors (Lipinski definition) is 1. The maximum absolute atomic E-state index is 12.9. The van der Waals surface area contributed by atoms with Crippen molar-refractivity contribution in [2.75, 3.05) is 13.1 Å². The van der Waals surface area contributed by atoms with E-state index >= 15 is 0 Å². The number of aliphatic carboxylic acids is 1. The van der Waals surface area contributed by atoms with E-state index in [0.29, 0.717) is 12.5 Å². The van der Waals surface area contributed by atoms with Gasteiger partial charge in [0.1, 0.15) is 6.04 Å². The topological polar surface area (TPSA) is 60.9 Å². The molecule has 0 aliphatic carbocycles. The molecule has 2 fully saturated rings. The number of amides is 2. The molecule has 5 heteroatoms. The normalized spacial score (nSPS) is 32.9. The SMILES string of the molecule is CC1CCCN(C(=O)N2CCCC(C)(C)C2C(=O)O)C1C. The van der Waals surface area contributed by atoms with E-state index in [9.17, 15) is 14.7 Å². The maximum atomic E-state index is 12.9. The largest absolute Gasteiger partial charge is 0.480 e. The Hall–Kier alpha value is -1.26. The Balaban J connectivity index is 2.22. The summed E-state index contributed by atoms with van der Waals surface area (Å²) in [6, 6.07) is -0.622. The van der Waals surface area contributed by atoms with E-state index in [4.69, 9.17) is 0 Å². The van der Waals surface area contributed by atoms with E-state index in [1.807, 2.05) is 18.7 Å². The van der Waals surface area contributed by atoms with Crippen LogP contribution >= 0.6 is 0 Å². The number of likely N-dealkylation sites (tertiary alicyclic amines) is 2. The first-order chi connectivity index (χ1) is 9.75. The van der Waals surface area contributed by atoms with Crippen LogP contribution in [0, 0.1) is 11.3 Å². The number of piperidine rings is 2. The second kappa shape index (κ2) is 5.85. The van der Waals surface area contributed by atoms with Crippen LogP contribution in [0.1, 0.15) is 53.4 Å². The third kappa shape index (κ3) is 3.01. The number of carbonyl (C=O) groups is 2. The second-order valence-electron chi connectivity index (χ2n) is 7.36. The van der Waals surface area contributed by atoms with Gasteiger partial charge in [-0.1, -0.05) is 20.8 Å². The third-order valence-electron chi connectivity index (χ3n) is 5.37. The van der Waals surface area contributed by atoms with Gasteiger partial charge in [0.2, 0.25) is 0 Å². The van der Waals surface area contributed by atoms with Crippen molar-refractivity contribution in [3.05, 3.63) is 0 Å². The molecule has 0 saturated carbocycles. The minimum atomic E-state index is -0.884. The van der Waals surface area contributed by atoms with Gasteiger partial charge in [0.05, 0.1) is 0 Å². The molecule has 0 bridgehead atoms. The molecule has 21 heavy (non-hydrogen) atoms. The quantitative estimate of drug-likeness (QED) is 0.809. The summed E-state index contributed by atoms with van der Waals surface area (Å²) in [7, 11) is 0. The lowest BCUT2D eigenvalue weighted by molar-refractivity contribution is -0.149. The van der Waals surface area contributed by atoms with Crippen LogP contribution in [0.15, 0.2) is 0 Å². The molecule has 2 aliphatic rings. The predicted octanol–water partition coefficient (Wildman–Crippen LogP) is 2.80. The number of carboxylic acids is 1. The zero-order valence-corrected chi connectivity index (χ0v) is 13.6. The first-order valence-corrected chi connectivity index (χ1v) is 8.06. The van der Waals surface area contributed by atoms with Gasteiger partial charge in [-0.25, -0.2) is 9.59 Å². The summed E-state index contributed by atoms with van der Waals surface area (Å²) >= 11 is 0. The molecule has 2 heterocycles. The van der Waals surface area contributed by atoms with Gasteiger partial charge in [0, 0.05) is 19.1 Å². The molecule has 0 aromatic carbocycles. The molecule has 3 unspecified atom stereocenters. The zero-order chi connectivity index (χ0) is 15.8. The highest BCUT2D eigenvalue weighted by atomic mass is 16.4. The summed E-state index contributed by atoms with van der Waals surface area (Å²) < 4.78 is 0. The Morgan fingerprint density at radius 2 is 1.71 bits per heavy atom. The lowest BCUT2D eigenvalue weighted by Gasteiger charge is -2.48. The predicted molar refractivity (Wildman–Crippen MR) is 81.1 cm³/mol. The highest BCUT2D eigenvalue weighted by molar-refractivity contribution is 5.84. The molecule has 0 spiro atoms. The number of carboxylic acid groups (broad SMARTS) is 1. The first-order valence-electron chi connectivity index (χ1n) is 8.06. The van der Waals surface area contributed by atoms with Gasteiger partial charge in [-0.05, 0) is 43.9 Å². The Kier molecular flexibility index (Phi) is 4.49. The summed E-state index contributed by atoms with van der Waals surface area (Å²) in [5.41, 5.74) is -0.371. The summed E-state index contributed by atoms with van der Waals surface area (Å²) in [6.45, 7) is 9.44.